The predicted molar refractivity (Wildman–Crippen MR) is 87.3 cm³/mol. The molecule has 2 aromatic rings. The van der Waals surface area contributed by atoms with Crippen molar-refractivity contribution in [2.75, 3.05) is 6.54 Å². The molecular formula is C19H19NO3. The minimum atomic E-state index is -0.385. The Labute approximate surface area is 135 Å². The Morgan fingerprint density at radius 1 is 1.04 bits per heavy atom. The van der Waals surface area contributed by atoms with Gasteiger partial charge in [-0.1, -0.05) is 48.5 Å². The Hall–Kier alpha value is -2.62. The smallest absolute Gasteiger partial charge is 0.410 e. The summed E-state index contributed by atoms with van der Waals surface area (Å²) in [5, 5.41) is 0. The minimum Gasteiger partial charge on any atom is -0.410 e. The van der Waals surface area contributed by atoms with Gasteiger partial charge in [-0.25, -0.2) is 4.79 Å². The van der Waals surface area contributed by atoms with Crippen LogP contribution in [0.3, 0.4) is 0 Å². The summed E-state index contributed by atoms with van der Waals surface area (Å²) in [4.78, 5) is 26.0. The number of piperidine rings is 1. The van der Waals surface area contributed by atoms with Crippen LogP contribution in [0.4, 0.5) is 4.79 Å². The molecule has 1 fully saturated rings. The molecule has 0 aliphatic carbocycles. The molecule has 1 unspecified atom stereocenters. The summed E-state index contributed by atoms with van der Waals surface area (Å²) >= 11 is 0. The number of nitrogens with zero attached hydrogens (tertiary/aromatic N) is 1. The highest BCUT2D eigenvalue weighted by Gasteiger charge is 2.31. The summed E-state index contributed by atoms with van der Waals surface area (Å²) in [5.74, 6) is 0.725. The van der Waals surface area contributed by atoms with Crippen LogP contribution in [0.1, 0.15) is 18.4 Å². The largest absolute Gasteiger partial charge is 0.415 e. The Kier molecular flexibility index (Phi) is 4.71. The van der Waals surface area contributed by atoms with Gasteiger partial charge in [0.15, 0.2) is 0 Å². The highest BCUT2D eigenvalue weighted by atomic mass is 16.6. The quantitative estimate of drug-likeness (QED) is 0.872. The zero-order valence-electron chi connectivity index (χ0n) is 12.9. The molecule has 1 aliphatic heterocycles. The summed E-state index contributed by atoms with van der Waals surface area (Å²) in [6, 6.07) is 18.8. The SMILES string of the molecule is O=C1CCN(C(=O)Oc2ccccc2)C(Cc2ccccc2)C1. The van der Waals surface area contributed by atoms with Crippen LogP contribution in [0.15, 0.2) is 60.7 Å². The molecule has 3 rings (SSSR count). The van der Waals surface area contributed by atoms with Crippen molar-refractivity contribution in [3.63, 3.8) is 0 Å². The fraction of sp³-hybridized carbons (Fsp3) is 0.263. The summed E-state index contributed by atoms with van der Waals surface area (Å²) in [5.41, 5.74) is 1.12. The van der Waals surface area contributed by atoms with Crippen LogP contribution in [0, 0.1) is 0 Å². The molecule has 1 saturated heterocycles. The number of carbonyl (C=O) groups excluding carboxylic acids is 2. The van der Waals surface area contributed by atoms with Crippen molar-refractivity contribution >= 4 is 11.9 Å². The Morgan fingerprint density at radius 3 is 2.39 bits per heavy atom. The molecule has 0 aromatic heterocycles. The zero-order chi connectivity index (χ0) is 16.1. The van der Waals surface area contributed by atoms with Gasteiger partial charge in [0.2, 0.25) is 0 Å². The number of ketones is 1. The standard InChI is InChI=1S/C19H19NO3/c21-17-11-12-20(19(22)23-18-9-5-2-6-10-18)16(14-17)13-15-7-3-1-4-8-15/h1-10,16H,11-14H2. The summed E-state index contributed by atoms with van der Waals surface area (Å²) in [6.07, 6.45) is 1.06. The minimum absolute atomic E-state index is 0.144. The second-order valence-corrected chi connectivity index (χ2v) is 5.71. The van der Waals surface area contributed by atoms with Crippen LogP contribution in [-0.4, -0.2) is 29.4 Å². The first-order chi connectivity index (χ1) is 11.2. The van der Waals surface area contributed by atoms with E-state index < -0.39 is 0 Å². The van der Waals surface area contributed by atoms with Crippen molar-refractivity contribution in [1.82, 2.24) is 4.90 Å². The van der Waals surface area contributed by atoms with E-state index >= 15 is 0 Å². The highest BCUT2D eigenvalue weighted by molar-refractivity contribution is 5.82. The van der Waals surface area contributed by atoms with Gasteiger partial charge in [-0.15, -0.1) is 0 Å². The molecule has 0 spiro atoms. The molecule has 4 nitrogen and oxygen atoms in total. The van der Waals surface area contributed by atoms with E-state index in [-0.39, 0.29) is 17.9 Å². The molecule has 0 bridgehead atoms. The van der Waals surface area contributed by atoms with Gasteiger partial charge in [0.25, 0.3) is 0 Å². The van der Waals surface area contributed by atoms with Crippen molar-refractivity contribution in [2.24, 2.45) is 0 Å². The normalized spacial score (nSPS) is 17.8. The fourth-order valence-corrected chi connectivity index (χ4v) is 2.86. The number of hydrogen-bond donors (Lipinski definition) is 0. The Morgan fingerprint density at radius 2 is 1.70 bits per heavy atom. The molecule has 1 aliphatic rings. The Balaban J connectivity index is 1.72. The average Bonchev–Trinajstić information content (AvgIpc) is 2.57. The maximum absolute atomic E-state index is 12.5. The number of Topliss-reactive ketones (excluding diaryl/α,β-unsaturated/α-hetero) is 1. The number of hydrogen-bond acceptors (Lipinski definition) is 3. The lowest BCUT2D eigenvalue weighted by molar-refractivity contribution is -0.122. The van der Waals surface area contributed by atoms with Crippen molar-refractivity contribution in [1.29, 1.82) is 0 Å². The molecule has 1 heterocycles. The van der Waals surface area contributed by atoms with Crippen molar-refractivity contribution in [2.45, 2.75) is 25.3 Å². The third-order valence-corrected chi connectivity index (χ3v) is 4.03. The topological polar surface area (TPSA) is 46.6 Å². The summed E-state index contributed by atoms with van der Waals surface area (Å²) in [7, 11) is 0. The number of likely N-dealkylation sites (tertiary alicyclic amines) is 1. The maximum Gasteiger partial charge on any atom is 0.415 e. The lowest BCUT2D eigenvalue weighted by Gasteiger charge is -2.34. The molecule has 118 valence electrons. The van der Waals surface area contributed by atoms with Crippen molar-refractivity contribution in [3.8, 4) is 5.75 Å². The van der Waals surface area contributed by atoms with E-state index in [1.165, 1.54) is 0 Å². The lowest BCUT2D eigenvalue weighted by Crippen LogP contribution is -2.48. The van der Waals surface area contributed by atoms with Gasteiger partial charge < -0.3 is 9.64 Å². The molecule has 1 atom stereocenters. The van der Waals surface area contributed by atoms with Crippen LogP contribution >= 0.6 is 0 Å². The van der Waals surface area contributed by atoms with Gasteiger partial charge in [-0.3, -0.25) is 4.79 Å². The van der Waals surface area contributed by atoms with E-state index in [2.05, 4.69) is 0 Å². The molecule has 1 amide bonds. The Bertz CT molecular complexity index is 670. The van der Waals surface area contributed by atoms with Gasteiger partial charge in [-0.2, -0.15) is 0 Å². The van der Waals surface area contributed by atoms with Gasteiger partial charge in [0, 0.05) is 25.4 Å². The average molecular weight is 309 g/mol. The van der Waals surface area contributed by atoms with Crippen molar-refractivity contribution in [3.05, 3.63) is 66.2 Å². The molecule has 2 aromatic carbocycles. The number of para-hydroxylation sites is 1. The third kappa shape index (κ3) is 3.97. The van der Waals surface area contributed by atoms with Gasteiger partial charge in [0.1, 0.15) is 11.5 Å². The highest BCUT2D eigenvalue weighted by Crippen LogP contribution is 2.21. The fourth-order valence-electron chi connectivity index (χ4n) is 2.86. The van der Waals surface area contributed by atoms with E-state index in [4.69, 9.17) is 4.74 Å². The first-order valence-electron chi connectivity index (χ1n) is 7.81. The first-order valence-corrected chi connectivity index (χ1v) is 7.81. The van der Waals surface area contributed by atoms with E-state index in [1.807, 2.05) is 48.5 Å². The molecule has 0 radical (unpaired) electrons. The number of ether oxygens (including phenoxy) is 1. The predicted octanol–water partition coefficient (Wildman–Crippen LogP) is 3.46. The van der Waals surface area contributed by atoms with E-state index in [9.17, 15) is 9.59 Å². The third-order valence-electron chi connectivity index (χ3n) is 4.03. The first kappa shape index (κ1) is 15.3. The molecule has 0 N–H and O–H groups in total. The molecular weight excluding hydrogens is 290 g/mol. The van der Waals surface area contributed by atoms with Crippen LogP contribution < -0.4 is 4.74 Å². The van der Waals surface area contributed by atoms with Crippen LogP contribution in [0.25, 0.3) is 0 Å². The van der Waals surface area contributed by atoms with Gasteiger partial charge >= 0.3 is 6.09 Å². The van der Waals surface area contributed by atoms with Crippen LogP contribution in [-0.2, 0) is 11.2 Å². The summed E-state index contributed by atoms with van der Waals surface area (Å²) < 4.78 is 5.43. The molecule has 0 saturated carbocycles. The van der Waals surface area contributed by atoms with Crippen LogP contribution in [0.5, 0.6) is 5.75 Å². The second-order valence-electron chi connectivity index (χ2n) is 5.71. The molecule has 4 heteroatoms. The molecule has 23 heavy (non-hydrogen) atoms. The monoisotopic (exact) mass is 309 g/mol. The maximum atomic E-state index is 12.5. The number of benzene rings is 2. The summed E-state index contributed by atoms with van der Waals surface area (Å²) in [6.45, 7) is 0.419. The van der Waals surface area contributed by atoms with Gasteiger partial charge in [-0.05, 0) is 24.1 Å². The lowest BCUT2D eigenvalue weighted by atomic mass is 9.95. The van der Waals surface area contributed by atoms with Gasteiger partial charge in [0.05, 0.1) is 0 Å². The van der Waals surface area contributed by atoms with Crippen molar-refractivity contribution < 1.29 is 14.3 Å². The van der Waals surface area contributed by atoms with E-state index in [1.54, 1.807) is 17.0 Å². The second kappa shape index (κ2) is 7.09. The van der Waals surface area contributed by atoms with E-state index in [0.29, 0.717) is 31.6 Å². The number of carbonyl (C=O) groups is 2. The zero-order valence-corrected chi connectivity index (χ0v) is 12.9. The number of amides is 1. The number of rotatable bonds is 3. The van der Waals surface area contributed by atoms with Crippen LogP contribution in [0.2, 0.25) is 0 Å². The van der Waals surface area contributed by atoms with E-state index in [0.717, 1.165) is 5.56 Å².